The number of benzene rings is 1. The van der Waals surface area contributed by atoms with E-state index in [1.807, 2.05) is 0 Å². The molecule has 0 bridgehead atoms. The van der Waals surface area contributed by atoms with Crippen LogP contribution in [0.4, 0.5) is 0 Å². The summed E-state index contributed by atoms with van der Waals surface area (Å²) in [6, 6.07) is 11.9. The van der Waals surface area contributed by atoms with Crippen molar-refractivity contribution in [1.29, 1.82) is 0 Å². The Labute approximate surface area is 135 Å². The van der Waals surface area contributed by atoms with Gasteiger partial charge in [-0.2, -0.15) is 0 Å². The SMILES string of the molecule is CCC(NCCN(C)C)C1NCC=CC1Cc1ccccc1. The number of nitrogens with one attached hydrogen (secondary N) is 2. The third-order valence-corrected chi connectivity index (χ3v) is 4.47. The molecule has 0 amide bonds. The number of hydrogen-bond donors (Lipinski definition) is 2. The molecule has 0 spiro atoms. The van der Waals surface area contributed by atoms with Crippen molar-refractivity contribution in [3.63, 3.8) is 0 Å². The summed E-state index contributed by atoms with van der Waals surface area (Å²) in [6.45, 7) is 5.41. The predicted molar refractivity (Wildman–Crippen MR) is 95.2 cm³/mol. The minimum atomic E-state index is 0.511. The summed E-state index contributed by atoms with van der Waals surface area (Å²) < 4.78 is 0. The van der Waals surface area contributed by atoms with Gasteiger partial charge in [-0.25, -0.2) is 0 Å². The Hall–Kier alpha value is -1.16. The summed E-state index contributed by atoms with van der Waals surface area (Å²) in [5.74, 6) is 0.563. The van der Waals surface area contributed by atoms with Crippen LogP contribution in [0.5, 0.6) is 0 Å². The standard InChI is InChI=1S/C19H31N3/c1-4-18(20-13-14-22(2)3)19-17(11-8-12-21-19)15-16-9-6-5-7-10-16/h5-11,17-21H,4,12-15H2,1-3H3. The zero-order valence-electron chi connectivity index (χ0n) is 14.3. The monoisotopic (exact) mass is 301 g/mol. The Morgan fingerprint density at radius 2 is 2.05 bits per heavy atom. The first kappa shape index (κ1) is 17.2. The molecule has 1 aliphatic heterocycles. The van der Waals surface area contributed by atoms with Gasteiger partial charge in [-0.05, 0) is 38.4 Å². The van der Waals surface area contributed by atoms with E-state index < -0.39 is 0 Å². The molecule has 1 aromatic carbocycles. The third kappa shape index (κ3) is 5.24. The summed E-state index contributed by atoms with van der Waals surface area (Å²) >= 11 is 0. The second-order valence-corrected chi connectivity index (χ2v) is 6.49. The minimum Gasteiger partial charge on any atom is -0.311 e. The van der Waals surface area contributed by atoms with Crippen LogP contribution in [0, 0.1) is 5.92 Å². The molecule has 0 saturated carbocycles. The van der Waals surface area contributed by atoms with Crippen LogP contribution < -0.4 is 10.6 Å². The van der Waals surface area contributed by atoms with Gasteiger partial charge in [-0.3, -0.25) is 0 Å². The Morgan fingerprint density at radius 3 is 2.73 bits per heavy atom. The molecule has 3 unspecified atom stereocenters. The van der Waals surface area contributed by atoms with Crippen LogP contribution in [0.15, 0.2) is 42.5 Å². The van der Waals surface area contributed by atoms with Crippen molar-refractivity contribution in [2.75, 3.05) is 33.7 Å². The van der Waals surface area contributed by atoms with E-state index in [0.29, 0.717) is 18.0 Å². The highest BCUT2D eigenvalue weighted by molar-refractivity contribution is 5.18. The first-order chi connectivity index (χ1) is 10.7. The average Bonchev–Trinajstić information content (AvgIpc) is 2.53. The maximum Gasteiger partial charge on any atom is 0.0289 e. The van der Waals surface area contributed by atoms with E-state index in [2.05, 4.69) is 79.0 Å². The van der Waals surface area contributed by atoms with E-state index in [9.17, 15) is 0 Å². The number of rotatable bonds is 8. The molecule has 2 rings (SSSR count). The number of nitrogens with zero attached hydrogens (tertiary/aromatic N) is 1. The Kier molecular flexibility index (Phi) is 7.10. The topological polar surface area (TPSA) is 27.3 Å². The van der Waals surface area contributed by atoms with Gasteiger partial charge in [-0.1, -0.05) is 49.4 Å². The maximum absolute atomic E-state index is 3.75. The van der Waals surface area contributed by atoms with Gasteiger partial charge in [0.25, 0.3) is 0 Å². The van der Waals surface area contributed by atoms with Gasteiger partial charge in [0.2, 0.25) is 0 Å². The van der Waals surface area contributed by atoms with Crippen molar-refractivity contribution in [2.45, 2.75) is 31.8 Å². The molecule has 3 nitrogen and oxygen atoms in total. The fraction of sp³-hybridized carbons (Fsp3) is 0.579. The van der Waals surface area contributed by atoms with Crippen molar-refractivity contribution < 1.29 is 0 Å². The second kappa shape index (κ2) is 9.09. The summed E-state index contributed by atoms with van der Waals surface area (Å²) in [4.78, 5) is 2.23. The molecule has 22 heavy (non-hydrogen) atoms. The lowest BCUT2D eigenvalue weighted by Gasteiger charge is -2.36. The maximum atomic E-state index is 3.75. The summed E-state index contributed by atoms with van der Waals surface area (Å²) in [6.07, 6.45) is 6.95. The number of hydrogen-bond acceptors (Lipinski definition) is 3. The average molecular weight is 301 g/mol. The van der Waals surface area contributed by atoms with Crippen molar-refractivity contribution >= 4 is 0 Å². The molecule has 0 saturated heterocycles. The van der Waals surface area contributed by atoms with Crippen LogP contribution in [-0.2, 0) is 6.42 Å². The summed E-state index contributed by atoms with van der Waals surface area (Å²) in [5.41, 5.74) is 1.42. The second-order valence-electron chi connectivity index (χ2n) is 6.49. The van der Waals surface area contributed by atoms with Gasteiger partial charge in [0.1, 0.15) is 0 Å². The van der Waals surface area contributed by atoms with Crippen LogP contribution in [0.2, 0.25) is 0 Å². The fourth-order valence-electron chi connectivity index (χ4n) is 3.24. The predicted octanol–water partition coefficient (Wildman–Crippen LogP) is 2.30. The number of likely N-dealkylation sites (N-methyl/N-ethyl adjacent to an activating group) is 1. The van der Waals surface area contributed by atoms with E-state index in [4.69, 9.17) is 0 Å². The van der Waals surface area contributed by atoms with Crippen LogP contribution in [0.25, 0.3) is 0 Å². The van der Waals surface area contributed by atoms with Gasteiger partial charge in [-0.15, -0.1) is 0 Å². The van der Waals surface area contributed by atoms with Gasteiger partial charge >= 0.3 is 0 Å². The molecular formula is C19H31N3. The molecule has 1 aliphatic rings. The van der Waals surface area contributed by atoms with Gasteiger partial charge in [0.15, 0.2) is 0 Å². The largest absolute Gasteiger partial charge is 0.311 e. The molecule has 0 radical (unpaired) electrons. The molecule has 0 aliphatic carbocycles. The van der Waals surface area contributed by atoms with Crippen LogP contribution in [-0.4, -0.2) is 50.7 Å². The normalized spacial score (nSPS) is 22.9. The zero-order valence-corrected chi connectivity index (χ0v) is 14.3. The lowest BCUT2D eigenvalue weighted by molar-refractivity contribution is 0.286. The van der Waals surface area contributed by atoms with E-state index in [1.165, 1.54) is 5.56 Å². The Balaban J connectivity index is 1.97. The van der Waals surface area contributed by atoms with Crippen LogP contribution in [0.1, 0.15) is 18.9 Å². The Bertz CT molecular complexity index is 441. The Morgan fingerprint density at radius 1 is 1.27 bits per heavy atom. The highest BCUT2D eigenvalue weighted by Crippen LogP contribution is 2.20. The van der Waals surface area contributed by atoms with E-state index in [-0.39, 0.29) is 0 Å². The lowest BCUT2D eigenvalue weighted by atomic mass is 9.84. The van der Waals surface area contributed by atoms with E-state index in [1.54, 1.807) is 0 Å². The molecule has 0 aromatic heterocycles. The molecule has 122 valence electrons. The quantitative estimate of drug-likeness (QED) is 0.722. The molecule has 1 heterocycles. The van der Waals surface area contributed by atoms with Crippen LogP contribution in [0.3, 0.4) is 0 Å². The van der Waals surface area contributed by atoms with Gasteiger partial charge in [0, 0.05) is 31.7 Å². The highest BCUT2D eigenvalue weighted by Gasteiger charge is 2.28. The molecule has 3 heteroatoms. The lowest BCUT2D eigenvalue weighted by Crippen LogP contribution is -2.54. The first-order valence-electron chi connectivity index (χ1n) is 8.52. The smallest absolute Gasteiger partial charge is 0.0289 e. The van der Waals surface area contributed by atoms with Crippen LogP contribution >= 0.6 is 0 Å². The molecule has 0 fully saturated rings. The van der Waals surface area contributed by atoms with E-state index in [0.717, 1.165) is 32.5 Å². The summed E-state index contributed by atoms with van der Waals surface area (Å²) in [5, 5.41) is 7.46. The van der Waals surface area contributed by atoms with Crippen molar-refractivity contribution in [3.05, 3.63) is 48.0 Å². The minimum absolute atomic E-state index is 0.511. The van der Waals surface area contributed by atoms with Crippen molar-refractivity contribution in [1.82, 2.24) is 15.5 Å². The molecular weight excluding hydrogens is 270 g/mol. The third-order valence-electron chi connectivity index (χ3n) is 4.47. The zero-order chi connectivity index (χ0) is 15.8. The molecule has 3 atom stereocenters. The van der Waals surface area contributed by atoms with Crippen molar-refractivity contribution in [2.24, 2.45) is 5.92 Å². The summed E-state index contributed by atoms with van der Waals surface area (Å²) in [7, 11) is 4.25. The highest BCUT2D eigenvalue weighted by atomic mass is 15.1. The van der Waals surface area contributed by atoms with Gasteiger partial charge in [0.05, 0.1) is 0 Å². The molecule has 2 N–H and O–H groups in total. The van der Waals surface area contributed by atoms with Gasteiger partial charge < -0.3 is 15.5 Å². The molecule has 1 aromatic rings. The van der Waals surface area contributed by atoms with E-state index >= 15 is 0 Å². The fourth-order valence-corrected chi connectivity index (χ4v) is 3.24. The first-order valence-corrected chi connectivity index (χ1v) is 8.52. The van der Waals surface area contributed by atoms with Crippen molar-refractivity contribution in [3.8, 4) is 0 Å².